The molecule has 35 heavy (non-hydrogen) atoms. The SMILES string of the molecule is COc1cc2c(cc1Nc1ncc3cnn(C[C@@H]4C[C@H](F)CN4C(C)=O)c3n1)CN(CCO)CC2. The summed E-state index contributed by atoms with van der Waals surface area (Å²) in [5, 5.41) is 17.8. The van der Waals surface area contributed by atoms with Crippen molar-refractivity contribution in [3.05, 3.63) is 35.7 Å². The van der Waals surface area contributed by atoms with Crippen molar-refractivity contribution in [2.24, 2.45) is 0 Å². The number of alkyl halides is 1. The molecule has 4 heterocycles. The Balaban J connectivity index is 1.40. The van der Waals surface area contributed by atoms with Crippen molar-refractivity contribution in [2.75, 3.05) is 38.7 Å². The van der Waals surface area contributed by atoms with Gasteiger partial charge in [0.15, 0.2) is 5.65 Å². The van der Waals surface area contributed by atoms with Gasteiger partial charge in [-0.3, -0.25) is 9.69 Å². The summed E-state index contributed by atoms with van der Waals surface area (Å²) in [5.74, 6) is 0.952. The number of carbonyl (C=O) groups is 1. The number of aliphatic hydroxyl groups is 1. The zero-order valence-electron chi connectivity index (χ0n) is 19.9. The summed E-state index contributed by atoms with van der Waals surface area (Å²) in [6.45, 7) is 4.38. The van der Waals surface area contributed by atoms with Crippen molar-refractivity contribution < 1.29 is 19.0 Å². The number of methoxy groups -OCH3 is 1. The molecule has 0 radical (unpaired) electrons. The molecule has 0 unspecified atom stereocenters. The molecule has 2 atom stereocenters. The molecular weight excluding hydrogens is 453 g/mol. The minimum atomic E-state index is -1.03. The molecule has 0 aliphatic carbocycles. The van der Waals surface area contributed by atoms with Crippen LogP contribution in [-0.2, 0) is 24.3 Å². The zero-order chi connectivity index (χ0) is 24.5. The third-order valence-electron chi connectivity index (χ3n) is 6.80. The molecule has 2 N–H and O–H groups in total. The molecule has 0 bridgehead atoms. The van der Waals surface area contributed by atoms with E-state index >= 15 is 0 Å². The summed E-state index contributed by atoms with van der Waals surface area (Å²) in [5.41, 5.74) is 3.76. The summed E-state index contributed by atoms with van der Waals surface area (Å²) in [6, 6.07) is 3.83. The number of aliphatic hydroxyl groups excluding tert-OH is 1. The third kappa shape index (κ3) is 4.78. The summed E-state index contributed by atoms with van der Waals surface area (Å²) < 4.78 is 21.3. The number of nitrogens with one attached hydrogen (secondary N) is 1. The lowest BCUT2D eigenvalue weighted by Gasteiger charge is -2.29. The lowest BCUT2D eigenvalue weighted by Crippen LogP contribution is -2.36. The van der Waals surface area contributed by atoms with Gasteiger partial charge in [0, 0.05) is 39.2 Å². The number of likely N-dealkylation sites (tertiary alicyclic amines) is 1. The smallest absolute Gasteiger partial charge is 0.229 e. The van der Waals surface area contributed by atoms with Crippen molar-refractivity contribution in [2.45, 2.75) is 45.1 Å². The second-order valence-electron chi connectivity index (χ2n) is 9.15. The summed E-state index contributed by atoms with van der Waals surface area (Å²) >= 11 is 0. The average Bonchev–Trinajstić information content (AvgIpc) is 3.42. The van der Waals surface area contributed by atoms with Gasteiger partial charge in [0.1, 0.15) is 11.9 Å². The molecule has 186 valence electrons. The second-order valence-corrected chi connectivity index (χ2v) is 9.15. The van der Waals surface area contributed by atoms with E-state index in [1.807, 2.05) is 12.1 Å². The highest BCUT2D eigenvalue weighted by atomic mass is 19.1. The predicted molar refractivity (Wildman–Crippen MR) is 128 cm³/mol. The van der Waals surface area contributed by atoms with Gasteiger partial charge in [0.25, 0.3) is 0 Å². The van der Waals surface area contributed by atoms with Gasteiger partial charge in [-0.1, -0.05) is 0 Å². The molecule has 1 saturated heterocycles. The maximum absolute atomic E-state index is 14.0. The average molecular weight is 484 g/mol. The highest BCUT2D eigenvalue weighted by molar-refractivity contribution is 5.76. The van der Waals surface area contributed by atoms with Crippen molar-refractivity contribution >= 4 is 28.6 Å². The van der Waals surface area contributed by atoms with E-state index in [2.05, 4.69) is 25.3 Å². The number of hydrogen-bond acceptors (Lipinski definition) is 8. The number of anilines is 2. The lowest BCUT2D eigenvalue weighted by molar-refractivity contribution is -0.130. The molecule has 11 heteroatoms. The van der Waals surface area contributed by atoms with Crippen LogP contribution in [-0.4, -0.2) is 86.1 Å². The molecule has 0 saturated carbocycles. The highest BCUT2D eigenvalue weighted by Crippen LogP contribution is 2.33. The highest BCUT2D eigenvalue weighted by Gasteiger charge is 2.34. The van der Waals surface area contributed by atoms with Gasteiger partial charge in [-0.25, -0.2) is 14.1 Å². The summed E-state index contributed by atoms with van der Waals surface area (Å²) in [6.07, 6.45) is 3.52. The van der Waals surface area contributed by atoms with Gasteiger partial charge < -0.3 is 20.1 Å². The normalized spacial score (nSPS) is 20.3. The minimum absolute atomic E-state index is 0.120. The summed E-state index contributed by atoms with van der Waals surface area (Å²) in [7, 11) is 1.63. The monoisotopic (exact) mass is 483 g/mol. The first-order valence-corrected chi connectivity index (χ1v) is 11.8. The largest absolute Gasteiger partial charge is 0.495 e. The van der Waals surface area contributed by atoms with Crippen LogP contribution in [0.4, 0.5) is 16.0 Å². The molecule has 1 aromatic carbocycles. The van der Waals surface area contributed by atoms with Crippen LogP contribution >= 0.6 is 0 Å². The Morgan fingerprint density at radius 2 is 2.17 bits per heavy atom. The molecule has 2 aromatic heterocycles. The van der Waals surface area contributed by atoms with Crippen LogP contribution in [0.2, 0.25) is 0 Å². The standard InChI is InChI=1S/C24H30FN7O3/c1-15(34)31-13-19(25)9-20(31)14-32-23-18(11-27-32)10-26-24(29-23)28-21-7-17-12-30(5-6-33)4-3-16(17)8-22(21)35-2/h7-8,10-11,19-20,33H,3-6,9,12-14H2,1-2H3,(H,26,28,29)/t19-,20-/m0/s1. The van der Waals surface area contributed by atoms with Crippen molar-refractivity contribution in [1.82, 2.24) is 29.5 Å². The number of benzene rings is 1. The van der Waals surface area contributed by atoms with Crippen LogP contribution in [0.15, 0.2) is 24.5 Å². The Kier molecular flexibility index (Phi) is 6.52. The Morgan fingerprint density at radius 3 is 2.94 bits per heavy atom. The predicted octanol–water partition coefficient (Wildman–Crippen LogP) is 1.89. The number of aromatic nitrogens is 4. The van der Waals surface area contributed by atoms with E-state index in [4.69, 9.17) is 4.74 Å². The molecule has 5 rings (SSSR count). The van der Waals surface area contributed by atoms with Crippen molar-refractivity contribution in [3.8, 4) is 5.75 Å². The van der Waals surface area contributed by atoms with Gasteiger partial charge in [0.2, 0.25) is 11.9 Å². The number of nitrogens with zero attached hydrogens (tertiary/aromatic N) is 6. The van der Waals surface area contributed by atoms with Crippen molar-refractivity contribution in [3.63, 3.8) is 0 Å². The van der Waals surface area contributed by atoms with E-state index in [0.29, 0.717) is 30.4 Å². The molecule has 3 aromatic rings. The van der Waals surface area contributed by atoms with E-state index < -0.39 is 6.17 Å². The van der Waals surface area contributed by atoms with E-state index in [-0.39, 0.29) is 31.5 Å². The Hall–Kier alpha value is -3.31. The molecule has 1 fully saturated rings. The molecule has 10 nitrogen and oxygen atoms in total. The van der Waals surface area contributed by atoms with Crippen LogP contribution in [0.25, 0.3) is 11.0 Å². The van der Waals surface area contributed by atoms with Crippen LogP contribution < -0.4 is 10.1 Å². The first-order valence-electron chi connectivity index (χ1n) is 11.8. The Labute approximate surface area is 202 Å². The number of halogens is 1. The van der Waals surface area contributed by atoms with E-state index in [0.717, 1.165) is 30.6 Å². The number of β-amino-alcohol motifs (C(OH)–C–C–N with tert-alkyl or cyclic N) is 1. The fraction of sp³-hybridized carbons (Fsp3) is 0.500. The molecule has 0 spiro atoms. The van der Waals surface area contributed by atoms with Gasteiger partial charge >= 0.3 is 0 Å². The first-order chi connectivity index (χ1) is 16.9. The van der Waals surface area contributed by atoms with Crippen LogP contribution in [0, 0.1) is 0 Å². The van der Waals surface area contributed by atoms with Crippen LogP contribution in [0.3, 0.4) is 0 Å². The summed E-state index contributed by atoms with van der Waals surface area (Å²) in [4.78, 5) is 24.8. The molecule has 2 aliphatic rings. The maximum atomic E-state index is 14.0. The Morgan fingerprint density at radius 1 is 1.31 bits per heavy atom. The maximum Gasteiger partial charge on any atom is 0.229 e. The minimum Gasteiger partial charge on any atom is -0.495 e. The Bertz CT molecular complexity index is 1230. The topological polar surface area (TPSA) is 109 Å². The molecule has 1 amide bonds. The second kappa shape index (κ2) is 9.74. The third-order valence-corrected chi connectivity index (χ3v) is 6.80. The quantitative estimate of drug-likeness (QED) is 0.525. The van der Waals surface area contributed by atoms with Crippen molar-refractivity contribution in [1.29, 1.82) is 0 Å². The number of fused-ring (bicyclic) bond motifs is 2. The van der Waals surface area contributed by atoms with Crippen LogP contribution in [0.5, 0.6) is 5.75 Å². The van der Waals surface area contributed by atoms with Gasteiger partial charge in [-0.15, -0.1) is 0 Å². The van der Waals surface area contributed by atoms with Gasteiger partial charge in [-0.05, 0) is 29.7 Å². The van der Waals surface area contributed by atoms with E-state index in [9.17, 15) is 14.3 Å². The number of amides is 1. The number of rotatable bonds is 7. The zero-order valence-corrected chi connectivity index (χ0v) is 19.9. The number of ether oxygens (including phenoxy) is 1. The first kappa shape index (κ1) is 23.4. The lowest BCUT2D eigenvalue weighted by atomic mass is 9.98. The van der Waals surface area contributed by atoms with E-state index in [1.165, 1.54) is 18.1 Å². The number of carbonyl (C=O) groups excluding carboxylic acids is 1. The molecule has 2 aliphatic heterocycles. The fourth-order valence-electron chi connectivity index (χ4n) is 5.04. The molecular formula is C24H30FN7O3. The number of hydrogen-bond donors (Lipinski definition) is 2. The van der Waals surface area contributed by atoms with Gasteiger partial charge in [0.05, 0.1) is 50.1 Å². The van der Waals surface area contributed by atoms with Crippen LogP contribution in [0.1, 0.15) is 24.5 Å². The fourth-order valence-corrected chi connectivity index (χ4v) is 5.04. The van der Waals surface area contributed by atoms with E-state index in [1.54, 1.807) is 29.1 Å². The van der Waals surface area contributed by atoms with Gasteiger partial charge in [-0.2, -0.15) is 10.1 Å².